The summed E-state index contributed by atoms with van der Waals surface area (Å²) in [6.45, 7) is 10.1. The van der Waals surface area contributed by atoms with E-state index in [0.717, 1.165) is 54.1 Å². The van der Waals surface area contributed by atoms with Gasteiger partial charge in [-0.1, -0.05) is 24.8 Å². The van der Waals surface area contributed by atoms with Crippen LogP contribution in [0.4, 0.5) is 0 Å². The van der Waals surface area contributed by atoms with Crippen molar-refractivity contribution in [3.63, 3.8) is 0 Å². The van der Waals surface area contributed by atoms with Gasteiger partial charge in [-0.2, -0.15) is 0 Å². The second-order valence-corrected chi connectivity index (χ2v) is 9.87. The van der Waals surface area contributed by atoms with Gasteiger partial charge in [0.05, 0.1) is 19.7 Å². The van der Waals surface area contributed by atoms with Gasteiger partial charge in [-0.3, -0.25) is 4.90 Å². The Bertz CT molecular complexity index is 1400. The number of aliphatic hydroxyl groups is 1. The van der Waals surface area contributed by atoms with Gasteiger partial charge in [-0.05, 0) is 84.9 Å². The maximum atomic E-state index is 10.2. The van der Waals surface area contributed by atoms with Gasteiger partial charge >= 0.3 is 0 Å². The molecule has 5 rings (SSSR count). The van der Waals surface area contributed by atoms with Crippen LogP contribution in [-0.2, 0) is 26.1 Å². The van der Waals surface area contributed by atoms with E-state index in [1.165, 1.54) is 33.5 Å². The fourth-order valence-corrected chi connectivity index (χ4v) is 5.65. The summed E-state index contributed by atoms with van der Waals surface area (Å²) in [4.78, 5) is 2.52. The van der Waals surface area contributed by atoms with Gasteiger partial charge in [-0.25, -0.2) is 0 Å². The first-order valence-corrected chi connectivity index (χ1v) is 12.8. The van der Waals surface area contributed by atoms with Crippen LogP contribution in [0, 0.1) is 0 Å². The minimum absolute atomic E-state index is 0.0293. The van der Waals surface area contributed by atoms with Crippen molar-refractivity contribution < 1.29 is 19.3 Å². The molecule has 0 saturated carbocycles. The van der Waals surface area contributed by atoms with Gasteiger partial charge in [0.25, 0.3) is 0 Å². The summed E-state index contributed by atoms with van der Waals surface area (Å²) < 4.78 is 19.6. The van der Waals surface area contributed by atoms with Crippen LogP contribution in [0.5, 0.6) is 17.2 Å². The summed E-state index contributed by atoms with van der Waals surface area (Å²) in [7, 11) is 3.40. The molecule has 2 aromatic carbocycles. The molecule has 194 valence electrons. The lowest BCUT2D eigenvalue weighted by Crippen LogP contribution is -2.39. The second kappa shape index (κ2) is 10.5. The average Bonchev–Trinajstić information content (AvgIpc) is 3.24. The Morgan fingerprint density at radius 3 is 2.70 bits per heavy atom. The fourth-order valence-electron chi connectivity index (χ4n) is 5.65. The molecular formula is C31H36N2O4. The summed E-state index contributed by atoms with van der Waals surface area (Å²) in [5.41, 5.74) is 8.49. The number of aliphatic hydroxyl groups excluding tert-OH is 1. The zero-order valence-electron chi connectivity index (χ0n) is 22.2. The Morgan fingerprint density at radius 1 is 1.14 bits per heavy atom. The van der Waals surface area contributed by atoms with Crippen molar-refractivity contribution in [3.05, 3.63) is 88.7 Å². The van der Waals surface area contributed by atoms with Crippen molar-refractivity contribution in [2.45, 2.75) is 46.0 Å². The topological polar surface area (TPSA) is 56.1 Å². The number of fused-ring (bicyclic) bond motifs is 6. The van der Waals surface area contributed by atoms with Crippen molar-refractivity contribution in [1.29, 1.82) is 0 Å². The molecule has 0 saturated heterocycles. The molecule has 1 atom stereocenters. The largest absolute Gasteiger partial charge is 0.497 e. The molecule has 2 aliphatic rings. The van der Waals surface area contributed by atoms with Gasteiger partial charge in [0.1, 0.15) is 19.1 Å². The minimum Gasteiger partial charge on any atom is -0.497 e. The van der Waals surface area contributed by atoms with Gasteiger partial charge < -0.3 is 23.9 Å². The zero-order valence-corrected chi connectivity index (χ0v) is 22.2. The second-order valence-electron chi connectivity index (χ2n) is 9.87. The lowest BCUT2D eigenvalue weighted by molar-refractivity contribution is 0.145. The SMILES string of the molecule is C=C/C=C\C(C)=C(/C)COc1cc2c(cc1OC)C1Cc3c(n(CO)c4ccc(OC)cc34)CN1CC2. The van der Waals surface area contributed by atoms with E-state index < -0.39 is 0 Å². The maximum absolute atomic E-state index is 10.2. The number of rotatable bonds is 8. The van der Waals surface area contributed by atoms with Gasteiger partial charge in [0.2, 0.25) is 0 Å². The molecule has 1 unspecified atom stereocenters. The monoisotopic (exact) mass is 500 g/mol. The lowest BCUT2D eigenvalue weighted by Gasteiger charge is -2.41. The predicted molar refractivity (Wildman–Crippen MR) is 147 cm³/mol. The van der Waals surface area contributed by atoms with E-state index in [4.69, 9.17) is 14.2 Å². The van der Waals surface area contributed by atoms with E-state index in [9.17, 15) is 5.11 Å². The Labute approximate surface area is 219 Å². The fraction of sp³-hybridized carbons (Fsp3) is 0.355. The van der Waals surface area contributed by atoms with Crippen LogP contribution in [0.25, 0.3) is 10.9 Å². The summed E-state index contributed by atoms with van der Waals surface area (Å²) in [6, 6.07) is 10.7. The van der Waals surface area contributed by atoms with Crippen LogP contribution < -0.4 is 14.2 Å². The quantitative estimate of drug-likeness (QED) is 0.401. The highest BCUT2D eigenvalue weighted by molar-refractivity contribution is 5.87. The molecule has 2 aliphatic heterocycles. The Hall–Kier alpha value is -3.48. The van der Waals surface area contributed by atoms with Crippen LogP contribution in [0.1, 0.15) is 42.3 Å². The Morgan fingerprint density at radius 2 is 1.97 bits per heavy atom. The molecule has 6 nitrogen and oxygen atoms in total. The zero-order chi connectivity index (χ0) is 26.1. The van der Waals surface area contributed by atoms with E-state index in [1.807, 2.05) is 28.9 Å². The smallest absolute Gasteiger partial charge is 0.161 e. The van der Waals surface area contributed by atoms with Crippen molar-refractivity contribution in [3.8, 4) is 17.2 Å². The third-order valence-corrected chi connectivity index (χ3v) is 7.88. The highest BCUT2D eigenvalue weighted by atomic mass is 16.5. The van der Waals surface area contributed by atoms with Crippen LogP contribution in [0.3, 0.4) is 0 Å². The molecule has 3 aromatic rings. The van der Waals surface area contributed by atoms with Gasteiger partial charge in [0.15, 0.2) is 11.5 Å². The molecule has 0 radical (unpaired) electrons. The number of benzene rings is 2. The number of aromatic nitrogens is 1. The lowest BCUT2D eigenvalue weighted by atomic mass is 9.85. The normalized spacial score (nSPS) is 17.7. The first kappa shape index (κ1) is 25.2. The molecule has 37 heavy (non-hydrogen) atoms. The molecule has 0 spiro atoms. The summed E-state index contributed by atoms with van der Waals surface area (Å²) in [5.74, 6) is 2.38. The van der Waals surface area contributed by atoms with Crippen LogP contribution in [0.15, 0.2) is 66.3 Å². The summed E-state index contributed by atoms with van der Waals surface area (Å²) in [6.07, 6.45) is 7.59. The molecule has 0 bridgehead atoms. The van der Waals surface area contributed by atoms with Gasteiger partial charge in [-0.15, -0.1) is 0 Å². The molecular weight excluding hydrogens is 464 g/mol. The molecule has 0 aliphatic carbocycles. The highest BCUT2D eigenvalue weighted by Crippen LogP contribution is 2.45. The van der Waals surface area contributed by atoms with E-state index in [2.05, 4.69) is 43.5 Å². The van der Waals surface area contributed by atoms with Crippen molar-refractivity contribution in [2.75, 3.05) is 27.4 Å². The van der Waals surface area contributed by atoms with E-state index >= 15 is 0 Å². The van der Waals surface area contributed by atoms with Crippen molar-refractivity contribution in [2.24, 2.45) is 0 Å². The summed E-state index contributed by atoms with van der Waals surface area (Å²) >= 11 is 0. The highest BCUT2D eigenvalue weighted by Gasteiger charge is 2.36. The van der Waals surface area contributed by atoms with Crippen molar-refractivity contribution >= 4 is 10.9 Å². The number of allylic oxidation sites excluding steroid dienone is 4. The molecule has 3 heterocycles. The first-order valence-electron chi connectivity index (χ1n) is 12.8. The Balaban J connectivity index is 1.48. The number of hydrogen-bond donors (Lipinski definition) is 1. The van der Waals surface area contributed by atoms with E-state index in [1.54, 1.807) is 20.3 Å². The molecule has 0 fully saturated rings. The van der Waals surface area contributed by atoms with Gasteiger partial charge in [0, 0.05) is 30.2 Å². The summed E-state index contributed by atoms with van der Waals surface area (Å²) in [5, 5.41) is 11.4. The molecule has 1 N–H and O–H groups in total. The van der Waals surface area contributed by atoms with Crippen molar-refractivity contribution in [1.82, 2.24) is 9.47 Å². The number of hydrogen-bond acceptors (Lipinski definition) is 5. The number of nitrogens with zero attached hydrogens (tertiary/aromatic N) is 2. The molecule has 1 aromatic heterocycles. The molecule has 6 heteroatoms. The standard InChI is InChI=1S/C31H36N2O4/c1-6-7-8-20(2)21(3)18-37-31-13-22-11-12-32-17-29-26(15-28(32)24(22)16-30(31)36-5)25-14-23(35-4)9-10-27(25)33(29)19-34/h6-10,13-14,16,28,34H,1,11-12,15,17-19H2,2-5H3/b8-7-,21-20+. The third kappa shape index (κ3) is 4.56. The Kier molecular flexibility index (Phi) is 7.13. The number of methoxy groups -OCH3 is 2. The van der Waals surface area contributed by atoms with Crippen LogP contribution in [-0.4, -0.2) is 41.9 Å². The number of ether oxygens (including phenoxy) is 3. The maximum Gasteiger partial charge on any atom is 0.161 e. The predicted octanol–water partition coefficient (Wildman–Crippen LogP) is 5.72. The van der Waals surface area contributed by atoms with E-state index in [0.29, 0.717) is 6.61 Å². The molecule has 0 amide bonds. The third-order valence-electron chi connectivity index (χ3n) is 7.88. The van der Waals surface area contributed by atoms with E-state index in [-0.39, 0.29) is 12.8 Å². The average molecular weight is 501 g/mol. The van der Waals surface area contributed by atoms with Crippen LogP contribution >= 0.6 is 0 Å². The van der Waals surface area contributed by atoms with Crippen LogP contribution in [0.2, 0.25) is 0 Å². The minimum atomic E-state index is -0.0293. The first-order chi connectivity index (χ1) is 18.0.